The number of halogens is 1. The van der Waals surface area contributed by atoms with Crippen LogP contribution in [0.4, 0.5) is 0 Å². The first-order valence-electron chi connectivity index (χ1n) is 6.61. The van der Waals surface area contributed by atoms with Crippen molar-refractivity contribution in [1.82, 2.24) is 10.5 Å². The third-order valence-electron chi connectivity index (χ3n) is 3.01. The van der Waals surface area contributed by atoms with Gasteiger partial charge in [-0.15, -0.1) is 0 Å². The maximum absolute atomic E-state index is 11.3. The Bertz CT molecular complexity index is 595. The van der Waals surface area contributed by atoms with Crippen molar-refractivity contribution in [2.45, 2.75) is 13.5 Å². The van der Waals surface area contributed by atoms with Gasteiger partial charge in [0, 0.05) is 23.7 Å². The first-order chi connectivity index (χ1) is 10.1. The average Bonchev–Trinajstić information content (AvgIpc) is 2.95. The number of benzene rings is 1. The second-order valence-electron chi connectivity index (χ2n) is 4.72. The number of ether oxygens (including phenoxy) is 1. The quantitative estimate of drug-likeness (QED) is 0.891. The molecule has 6 heteroatoms. The summed E-state index contributed by atoms with van der Waals surface area (Å²) in [6.07, 6.45) is 0. The number of amides is 1. The van der Waals surface area contributed by atoms with Crippen LogP contribution in [0, 0.1) is 5.92 Å². The van der Waals surface area contributed by atoms with Crippen LogP contribution in [-0.2, 0) is 16.1 Å². The van der Waals surface area contributed by atoms with Gasteiger partial charge in [-0.2, -0.15) is 0 Å². The van der Waals surface area contributed by atoms with Gasteiger partial charge in [0.05, 0.1) is 12.5 Å². The van der Waals surface area contributed by atoms with Gasteiger partial charge in [-0.3, -0.25) is 4.79 Å². The minimum Gasteiger partial charge on any atom is -0.373 e. The highest BCUT2D eigenvalue weighted by Crippen LogP contribution is 2.21. The smallest absolute Gasteiger partial charge is 0.224 e. The Morgan fingerprint density at radius 1 is 1.43 bits per heavy atom. The van der Waals surface area contributed by atoms with Crippen molar-refractivity contribution < 1.29 is 14.1 Å². The minimum atomic E-state index is -0.200. The molecule has 0 saturated carbocycles. The van der Waals surface area contributed by atoms with E-state index in [2.05, 4.69) is 10.5 Å². The van der Waals surface area contributed by atoms with Gasteiger partial charge in [-0.25, -0.2) is 0 Å². The zero-order valence-electron chi connectivity index (χ0n) is 11.9. The molecule has 1 unspecified atom stereocenters. The van der Waals surface area contributed by atoms with Crippen molar-refractivity contribution in [3.8, 4) is 11.3 Å². The van der Waals surface area contributed by atoms with E-state index in [9.17, 15) is 4.79 Å². The molecular formula is C15H17ClN2O3. The summed E-state index contributed by atoms with van der Waals surface area (Å²) in [6.45, 7) is 2.41. The number of rotatable bonds is 6. The van der Waals surface area contributed by atoms with Crippen LogP contribution in [0.3, 0.4) is 0 Å². The molecule has 1 amide bonds. The molecule has 0 bridgehead atoms. The molecule has 0 saturated heterocycles. The molecule has 0 fully saturated rings. The summed E-state index contributed by atoms with van der Waals surface area (Å²) in [5.74, 6) is 0.368. The fourth-order valence-electron chi connectivity index (χ4n) is 1.80. The number of nitrogens with zero attached hydrogens (tertiary/aromatic N) is 1. The maximum atomic E-state index is 11.3. The van der Waals surface area contributed by atoms with Gasteiger partial charge in [0.15, 0.2) is 5.76 Å². The topological polar surface area (TPSA) is 64.4 Å². The van der Waals surface area contributed by atoms with Gasteiger partial charge in [-0.05, 0) is 12.1 Å². The molecule has 0 aliphatic rings. The van der Waals surface area contributed by atoms with Gasteiger partial charge in [-0.1, -0.05) is 35.8 Å². The number of hydrogen-bond donors (Lipinski definition) is 1. The summed E-state index contributed by atoms with van der Waals surface area (Å²) >= 11 is 5.84. The normalized spacial score (nSPS) is 12.1. The fraction of sp³-hybridized carbons (Fsp3) is 0.333. The number of aromatic nitrogens is 1. The molecule has 2 aromatic rings. The van der Waals surface area contributed by atoms with Crippen molar-refractivity contribution in [1.29, 1.82) is 0 Å². The van der Waals surface area contributed by atoms with E-state index in [0.29, 0.717) is 17.4 Å². The lowest BCUT2D eigenvalue weighted by atomic mass is 10.1. The second-order valence-corrected chi connectivity index (χ2v) is 5.15. The van der Waals surface area contributed by atoms with E-state index in [-0.39, 0.29) is 18.4 Å². The predicted octanol–water partition coefficient (Wildman–Crippen LogP) is 2.89. The Morgan fingerprint density at radius 3 is 2.81 bits per heavy atom. The molecule has 1 atom stereocenters. The highest BCUT2D eigenvalue weighted by Gasteiger charge is 2.12. The molecule has 0 aliphatic carbocycles. The largest absolute Gasteiger partial charge is 0.373 e. The molecule has 1 aromatic heterocycles. The molecule has 5 nitrogen and oxygen atoms in total. The fourth-order valence-corrected chi connectivity index (χ4v) is 1.92. The maximum Gasteiger partial charge on any atom is 0.224 e. The third-order valence-corrected chi connectivity index (χ3v) is 3.26. The van der Waals surface area contributed by atoms with Crippen molar-refractivity contribution in [3.05, 3.63) is 41.1 Å². The summed E-state index contributed by atoms with van der Waals surface area (Å²) in [5.41, 5.74) is 1.65. The van der Waals surface area contributed by atoms with Crippen LogP contribution in [0.1, 0.15) is 12.7 Å². The zero-order chi connectivity index (χ0) is 15.2. The summed E-state index contributed by atoms with van der Waals surface area (Å²) in [4.78, 5) is 11.3. The first kappa shape index (κ1) is 15.5. The Labute approximate surface area is 128 Å². The Balaban J connectivity index is 1.89. The highest BCUT2D eigenvalue weighted by molar-refractivity contribution is 6.30. The van der Waals surface area contributed by atoms with Gasteiger partial charge >= 0.3 is 0 Å². The molecule has 21 heavy (non-hydrogen) atoms. The summed E-state index contributed by atoms with van der Waals surface area (Å²) in [6, 6.07) is 9.16. The van der Waals surface area contributed by atoms with Crippen LogP contribution in [0.2, 0.25) is 5.02 Å². The van der Waals surface area contributed by atoms with E-state index >= 15 is 0 Å². The van der Waals surface area contributed by atoms with Crippen LogP contribution in [0.15, 0.2) is 34.9 Å². The zero-order valence-corrected chi connectivity index (χ0v) is 12.7. The molecule has 0 radical (unpaired) electrons. The molecular weight excluding hydrogens is 292 g/mol. The van der Waals surface area contributed by atoms with Crippen LogP contribution >= 0.6 is 11.6 Å². The van der Waals surface area contributed by atoms with E-state index in [4.69, 9.17) is 20.9 Å². The molecule has 0 spiro atoms. The number of carbonyl (C=O) groups excluding carboxylic acids is 1. The van der Waals surface area contributed by atoms with Crippen LogP contribution < -0.4 is 5.32 Å². The molecule has 1 heterocycles. The minimum absolute atomic E-state index is 0.0468. The van der Waals surface area contributed by atoms with E-state index in [0.717, 1.165) is 11.3 Å². The van der Waals surface area contributed by atoms with E-state index in [1.165, 1.54) is 0 Å². The van der Waals surface area contributed by atoms with E-state index < -0.39 is 0 Å². The molecule has 2 rings (SSSR count). The average molecular weight is 309 g/mol. The highest BCUT2D eigenvalue weighted by atomic mass is 35.5. The molecule has 112 valence electrons. The van der Waals surface area contributed by atoms with Gasteiger partial charge in [0.1, 0.15) is 12.3 Å². The summed E-state index contributed by atoms with van der Waals surface area (Å²) in [7, 11) is 1.60. The third kappa shape index (κ3) is 4.31. The predicted molar refractivity (Wildman–Crippen MR) is 79.8 cm³/mol. The molecule has 1 N–H and O–H groups in total. The summed E-state index contributed by atoms with van der Waals surface area (Å²) in [5, 5.41) is 7.24. The van der Waals surface area contributed by atoms with Crippen LogP contribution in [0.25, 0.3) is 11.3 Å². The Hall–Kier alpha value is -1.85. The first-order valence-corrected chi connectivity index (χ1v) is 6.99. The summed E-state index contributed by atoms with van der Waals surface area (Å²) < 4.78 is 10.7. The van der Waals surface area contributed by atoms with Gasteiger partial charge in [0.25, 0.3) is 0 Å². The van der Waals surface area contributed by atoms with E-state index in [1.807, 2.05) is 18.2 Å². The number of hydrogen-bond acceptors (Lipinski definition) is 4. The lowest BCUT2D eigenvalue weighted by molar-refractivity contribution is -0.126. The Morgan fingerprint density at radius 2 is 2.14 bits per heavy atom. The van der Waals surface area contributed by atoms with Crippen LogP contribution in [-0.4, -0.2) is 24.7 Å². The standard InChI is InChI=1S/C15H17ClN2O3/c1-10(15(19)17-2)8-20-9-13-7-14(18-21-13)11-3-5-12(16)6-4-11/h3-7,10H,8-9H2,1-2H3,(H,17,19). The number of nitrogens with one attached hydrogen (secondary N) is 1. The Kier molecular flexibility index (Phi) is 5.36. The SMILES string of the molecule is CNC(=O)C(C)COCc1cc(-c2ccc(Cl)cc2)no1. The molecule has 0 aliphatic heterocycles. The molecule has 1 aromatic carbocycles. The number of carbonyl (C=O) groups is 1. The van der Waals surface area contributed by atoms with Gasteiger partial charge in [0.2, 0.25) is 5.91 Å². The lowest BCUT2D eigenvalue weighted by Gasteiger charge is -2.08. The lowest BCUT2D eigenvalue weighted by Crippen LogP contribution is -2.28. The van der Waals surface area contributed by atoms with Crippen molar-refractivity contribution in [2.75, 3.05) is 13.7 Å². The van der Waals surface area contributed by atoms with Gasteiger partial charge < -0.3 is 14.6 Å². The van der Waals surface area contributed by atoms with E-state index in [1.54, 1.807) is 26.1 Å². The monoisotopic (exact) mass is 308 g/mol. The van der Waals surface area contributed by atoms with Crippen molar-refractivity contribution in [3.63, 3.8) is 0 Å². The van der Waals surface area contributed by atoms with Crippen molar-refractivity contribution in [2.24, 2.45) is 5.92 Å². The van der Waals surface area contributed by atoms with Crippen LogP contribution in [0.5, 0.6) is 0 Å². The van der Waals surface area contributed by atoms with Crippen molar-refractivity contribution >= 4 is 17.5 Å². The second kappa shape index (κ2) is 7.24.